The van der Waals surface area contributed by atoms with Crippen molar-refractivity contribution in [1.29, 1.82) is 0 Å². The minimum atomic E-state index is -1.34. The summed E-state index contributed by atoms with van der Waals surface area (Å²) in [4.78, 5) is 0. The molecule has 0 fully saturated rings. The van der Waals surface area contributed by atoms with Gasteiger partial charge in [-0.2, -0.15) is 0 Å². The van der Waals surface area contributed by atoms with Gasteiger partial charge in [0.2, 0.25) is 0 Å². The summed E-state index contributed by atoms with van der Waals surface area (Å²) >= 11 is 0. The Balaban J connectivity index is 2.63. The predicted molar refractivity (Wildman–Crippen MR) is 20.4 cm³/mol. The van der Waals surface area contributed by atoms with Gasteiger partial charge in [0.05, 0.1) is 6.54 Å². The predicted octanol–water partition coefficient (Wildman–Crippen LogP) is -2.24. The van der Waals surface area contributed by atoms with Crippen LogP contribution < -0.4 is 11.3 Å². The van der Waals surface area contributed by atoms with Crippen LogP contribution in [0.5, 0.6) is 0 Å². The van der Waals surface area contributed by atoms with Crippen LogP contribution in [0.1, 0.15) is 0 Å². The molecule has 6 heavy (non-hydrogen) atoms. The summed E-state index contributed by atoms with van der Waals surface area (Å²) < 4.78 is 0. The van der Waals surface area contributed by atoms with E-state index < -0.39 is 6.29 Å². The van der Waals surface area contributed by atoms with E-state index in [0.29, 0.717) is 0 Å². The summed E-state index contributed by atoms with van der Waals surface area (Å²) in [6.07, 6.45) is -1.34. The molecule has 0 aliphatic heterocycles. The SMILES string of the molecule is NNCC(O)O. The quantitative estimate of drug-likeness (QED) is 0.176. The van der Waals surface area contributed by atoms with E-state index in [1.807, 2.05) is 0 Å². The number of aliphatic hydroxyl groups is 2. The summed E-state index contributed by atoms with van der Waals surface area (Å²) in [5.41, 5.74) is 2.07. The van der Waals surface area contributed by atoms with Crippen molar-refractivity contribution in [2.75, 3.05) is 6.54 Å². The van der Waals surface area contributed by atoms with Crippen molar-refractivity contribution in [2.45, 2.75) is 6.29 Å². The Morgan fingerprint density at radius 1 is 1.67 bits per heavy atom. The Kier molecular flexibility index (Phi) is 2.97. The summed E-state index contributed by atoms with van der Waals surface area (Å²) in [5.74, 6) is 4.66. The summed E-state index contributed by atoms with van der Waals surface area (Å²) in [6, 6.07) is 0. The smallest absolute Gasteiger partial charge is 0.165 e. The van der Waals surface area contributed by atoms with E-state index in [0.717, 1.165) is 0 Å². The van der Waals surface area contributed by atoms with Crippen molar-refractivity contribution in [3.8, 4) is 0 Å². The average Bonchev–Trinajstić information content (AvgIpc) is 1.35. The third-order valence-corrected chi connectivity index (χ3v) is 0.300. The van der Waals surface area contributed by atoms with Crippen molar-refractivity contribution in [1.82, 2.24) is 5.43 Å². The first-order chi connectivity index (χ1) is 2.77. The lowest BCUT2D eigenvalue weighted by atomic mass is 10.7. The van der Waals surface area contributed by atoms with Gasteiger partial charge < -0.3 is 10.2 Å². The molecule has 0 unspecified atom stereocenters. The van der Waals surface area contributed by atoms with Crippen LogP contribution in [0, 0.1) is 0 Å². The van der Waals surface area contributed by atoms with Gasteiger partial charge in [0.25, 0.3) is 0 Å². The molecule has 0 atom stereocenters. The number of hydrazine groups is 1. The molecular weight excluding hydrogens is 84.0 g/mol. The minimum absolute atomic E-state index is 0.0139. The highest BCUT2D eigenvalue weighted by molar-refractivity contribution is 4.33. The topological polar surface area (TPSA) is 78.5 Å². The molecule has 0 heterocycles. The van der Waals surface area contributed by atoms with Crippen LogP contribution in [-0.2, 0) is 0 Å². The molecule has 0 spiro atoms. The Morgan fingerprint density at radius 3 is 2.17 bits per heavy atom. The van der Waals surface area contributed by atoms with E-state index in [4.69, 9.17) is 10.2 Å². The van der Waals surface area contributed by atoms with E-state index >= 15 is 0 Å². The van der Waals surface area contributed by atoms with Crippen LogP contribution in [0.2, 0.25) is 0 Å². The Morgan fingerprint density at radius 2 is 2.17 bits per heavy atom. The van der Waals surface area contributed by atoms with Gasteiger partial charge in [-0.15, -0.1) is 0 Å². The number of nitrogens with two attached hydrogens (primary N) is 1. The lowest BCUT2D eigenvalue weighted by Gasteiger charge is -1.97. The molecule has 0 saturated carbocycles. The van der Waals surface area contributed by atoms with Crippen LogP contribution in [0.15, 0.2) is 0 Å². The zero-order valence-corrected chi connectivity index (χ0v) is 3.26. The fraction of sp³-hybridized carbons (Fsp3) is 1.00. The molecule has 0 aromatic carbocycles. The summed E-state index contributed by atoms with van der Waals surface area (Å²) in [5, 5.41) is 15.9. The highest BCUT2D eigenvalue weighted by Crippen LogP contribution is 1.62. The van der Waals surface area contributed by atoms with Gasteiger partial charge in [-0.05, 0) is 0 Å². The second-order valence-electron chi connectivity index (χ2n) is 0.889. The molecule has 4 nitrogen and oxygen atoms in total. The fourth-order valence-corrected chi connectivity index (χ4v) is 0.105. The van der Waals surface area contributed by atoms with Crippen LogP contribution in [0.25, 0.3) is 0 Å². The Hall–Kier alpha value is -0.160. The van der Waals surface area contributed by atoms with Crippen molar-refractivity contribution >= 4 is 0 Å². The van der Waals surface area contributed by atoms with Gasteiger partial charge in [0, 0.05) is 0 Å². The largest absolute Gasteiger partial charge is 0.367 e. The fourth-order valence-electron chi connectivity index (χ4n) is 0.105. The molecule has 0 aromatic heterocycles. The lowest BCUT2D eigenvalue weighted by Crippen LogP contribution is -2.31. The van der Waals surface area contributed by atoms with Gasteiger partial charge in [-0.1, -0.05) is 0 Å². The van der Waals surface area contributed by atoms with E-state index in [9.17, 15) is 0 Å². The Bertz CT molecular complexity index is 30.7. The summed E-state index contributed by atoms with van der Waals surface area (Å²) in [6.45, 7) is 0.0139. The van der Waals surface area contributed by atoms with Gasteiger partial charge >= 0.3 is 0 Å². The van der Waals surface area contributed by atoms with Gasteiger partial charge in [-0.3, -0.25) is 11.3 Å². The van der Waals surface area contributed by atoms with E-state index in [1.165, 1.54) is 0 Å². The zero-order chi connectivity index (χ0) is 4.99. The Labute approximate surface area is 35.6 Å². The molecule has 0 aromatic rings. The van der Waals surface area contributed by atoms with E-state index in [-0.39, 0.29) is 6.54 Å². The molecule has 0 rings (SSSR count). The van der Waals surface area contributed by atoms with Crippen LogP contribution >= 0.6 is 0 Å². The molecule has 38 valence electrons. The maximum absolute atomic E-state index is 7.97. The van der Waals surface area contributed by atoms with Gasteiger partial charge in [0.1, 0.15) is 0 Å². The zero-order valence-electron chi connectivity index (χ0n) is 3.26. The molecule has 0 aliphatic rings. The number of hydrogen-bond donors (Lipinski definition) is 4. The third kappa shape index (κ3) is 3.84. The van der Waals surface area contributed by atoms with Crippen LogP contribution in [0.4, 0.5) is 0 Å². The summed E-state index contributed by atoms with van der Waals surface area (Å²) in [7, 11) is 0. The number of nitrogens with one attached hydrogen (secondary N) is 1. The van der Waals surface area contributed by atoms with Crippen molar-refractivity contribution in [3.05, 3.63) is 0 Å². The first-order valence-corrected chi connectivity index (χ1v) is 1.57. The number of aliphatic hydroxyl groups excluding tert-OH is 1. The maximum atomic E-state index is 7.97. The third-order valence-electron chi connectivity index (χ3n) is 0.300. The number of hydrogen-bond acceptors (Lipinski definition) is 4. The molecule has 4 heteroatoms. The van der Waals surface area contributed by atoms with Gasteiger partial charge in [-0.25, -0.2) is 0 Å². The molecule has 0 bridgehead atoms. The molecule has 0 radical (unpaired) electrons. The molecule has 0 amide bonds. The normalized spacial score (nSPS) is 10.0. The average molecular weight is 92.1 g/mol. The second kappa shape index (κ2) is 3.05. The highest BCUT2D eigenvalue weighted by atomic mass is 16.5. The first-order valence-electron chi connectivity index (χ1n) is 1.57. The molecule has 0 aliphatic carbocycles. The van der Waals surface area contributed by atoms with Gasteiger partial charge in [0.15, 0.2) is 6.29 Å². The maximum Gasteiger partial charge on any atom is 0.165 e. The first kappa shape index (κ1) is 5.84. The molecule has 5 N–H and O–H groups in total. The molecule has 0 saturated heterocycles. The second-order valence-corrected chi connectivity index (χ2v) is 0.889. The van der Waals surface area contributed by atoms with Crippen LogP contribution in [-0.4, -0.2) is 23.0 Å². The standard InChI is InChI=1S/C2H8N2O2/c3-4-1-2(5)6/h2,4-6H,1,3H2. The monoisotopic (exact) mass is 92.1 g/mol. The van der Waals surface area contributed by atoms with Crippen molar-refractivity contribution in [2.24, 2.45) is 5.84 Å². The van der Waals surface area contributed by atoms with Crippen LogP contribution in [0.3, 0.4) is 0 Å². The van der Waals surface area contributed by atoms with E-state index in [2.05, 4.69) is 11.3 Å². The molecular formula is C2H8N2O2. The van der Waals surface area contributed by atoms with Crippen molar-refractivity contribution < 1.29 is 10.2 Å². The minimum Gasteiger partial charge on any atom is -0.367 e. The lowest BCUT2D eigenvalue weighted by molar-refractivity contribution is -0.0370. The highest BCUT2D eigenvalue weighted by Gasteiger charge is 1.88. The van der Waals surface area contributed by atoms with Crippen molar-refractivity contribution in [3.63, 3.8) is 0 Å². The number of rotatable bonds is 2. The van der Waals surface area contributed by atoms with E-state index in [1.54, 1.807) is 0 Å².